The van der Waals surface area contributed by atoms with Crippen LogP contribution in [0.1, 0.15) is 12.0 Å². The number of amides is 1. The number of hydrogen-bond donors (Lipinski definition) is 2. The van der Waals surface area contributed by atoms with Crippen molar-refractivity contribution in [3.63, 3.8) is 0 Å². The van der Waals surface area contributed by atoms with Crippen molar-refractivity contribution >= 4 is 21.8 Å². The van der Waals surface area contributed by atoms with E-state index in [4.69, 9.17) is 10.00 Å². The van der Waals surface area contributed by atoms with Crippen molar-refractivity contribution in [1.82, 2.24) is 10.6 Å². The lowest BCUT2D eigenvalue weighted by molar-refractivity contribution is -0.123. The van der Waals surface area contributed by atoms with Crippen molar-refractivity contribution in [2.75, 3.05) is 20.2 Å². The molecule has 0 aliphatic heterocycles. The average Bonchev–Trinajstić information content (AvgIpc) is 2.40. The van der Waals surface area contributed by atoms with Gasteiger partial charge in [-0.05, 0) is 30.8 Å². The van der Waals surface area contributed by atoms with Crippen molar-refractivity contribution < 1.29 is 9.53 Å². The second-order valence-corrected chi connectivity index (χ2v) is 4.68. The molecular formula is C13H16BrN3O2. The molecule has 0 aliphatic carbocycles. The van der Waals surface area contributed by atoms with Gasteiger partial charge < -0.3 is 15.4 Å². The van der Waals surface area contributed by atoms with E-state index in [1.54, 1.807) is 6.07 Å². The lowest BCUT2D eigenvalue weighted by atomic mass is 10.2. The van der Waals surface area contributed by atoms with E-state index >= 15 is 0 Å². The van der Waals surface area contributed by atoms with Gasteiger partial charge in [0, 0.05) is 17.6 Å². The number of nitriles is 1. The van der Waals surface area contributed by atoms with Crippen LogP contribution in [0.2, 0.25) is 0 Å². The molecule has 0 unspecified atom stereocenters. The molecule has 0 saturated carbocycles. The highest BCUT2D eigenvalue weighted by Crippen LogP contribution is 2.22. The predicted molar refractivity (Wildman–Crippen MR) is 75.6 cm³/mol. The Balaban J connectivity index is 2.47. The van der Waals surface area contributed by atoms with Crippen molar-refractivity contribution in [2.24, 2.45) is 0 Å². The fourth-order valence-corrected chi connectivity index (χ4v) is 1.81. The van der Waals surface area contributed by atoms with Gasteiger partial charge in [0.05, 0.1) is 12.5 Å². The van der Waals surface area contributed by atoms with Crippen LogP contribution in [0.25, 0.3) is 0 Å². The summed E-state index contributed by atoms with van der Waals surface area (Å²) in [5.74, 6) is 0.414. The minimum atomic E-state index is -0.228. The molecule has 19 heavy (non-hydrogen) atoms. The van der Waals surface area contributed by atoms with Crippen LogP contribution < -0.4 is 15.4 Å². The van der Waals surface area contributed by atoms with Crippen LogP contribution in [0, 0.1) is 11.3 Å². The fourth-order valence-electron chi connectivity index (χ4n) is 1.42. The number of ether oxygens (including phenoxy) is 1. The van der Waals surface area contributed by atoms with E-state index in [9.17, 15) is 4.79 Å². The van der Waals surface area contributed by atoms with Crippen LogP contribution in [-0.4, -0.2) is 26.1 Å². The maximum absolute atomic E-state index is 11.4. The maximum Gasteiger partial charge on any atom is 0.257 e. The molecular weight excluding hydrogens is 310 g/mol. The number of rotatable bonds is 7. The molecule has 0 radical (unpaired) electrons. The molecule has 1 amide bonds. The van der Waals surface area contributed by atoms with Crippen molar-refractivity contribution in [2.45, 2.75) is 13.0 Å². The highest BCUT2D eigenvalue weighted by molar-refractivity contribution is 9.10. The second-order valence-electron chi connectivity index (χ2n) is 3.83. The summed E-state index contributed by atoms with van der Waals surface area (Å²) in [6.45, 7) is 1.02. The van der Waals surface area contributed by atoms with Crippen LogP contribution in [-0.2, 0) is 11.3 Å². The summed E-state index contributed by atoms with van der Waals surface area (Å²) >= 11 is 3.45. The average molecular weight is 326 g/mol. The van der Waals surface area contributed by atoms with Crippen LogP contribution in [0.5, 0.6) is 5.75 Å². The Morgan fingerprint density at radius 3 is 3.00 bits per heavy atom. The monoisotopic (exact) mass is 325 g/mol. The summed E-state index contributed by atoms with van der Waals surface area (Å²) in [7, 11) is 1.86. The van der Waals surface area contributed by atoms with Crippen molar-refractivity contribution in [3.8, 4) is 11.8 Å². The Labute approximate surface area is 121 Å². The molecule has 0 bridgehead atoms. The summed E-state index contributed by atoms with van der Waals surface area (Å²) in [5.41, 5.74) is 1.06. The predicted octanol–water partition coefficient (Wildman–Crippen LogP) is 1.58. The van der Waals surface area contributed by atoms with Gasteiger partial charge in [-0.1, -0.05) is 15.9 Å². The van der Waals surface area contributed by atoms with E-state index < -0.39 is 0 Å². The van der Waals surface area contributed by atoms with Gasteiger partial charge >= 0.3 is 0 Å². The van der Waals surface area contributed by atoms with Crippen LogP contribution in [0.3, 0.4) is 0 Å². The van der Waals surface area contributed by atoms with E-state index in [0.29, 0.717) is 25.3 Å². The number of hydrogen-bond acceptors (Lipinski definition) is 4. The third kappa shape index (κ3) is 5.73. The highest BCUT2D eigenvalue weighted by Gasteiger charge is 2.05. The van der Waals surface area contributed by atoms with Gasteiger partial charge in [-0.2, -0.15) is 5.26 Å². The molecule has 1 aromatic carbocycles. The summed E-state index contributed by atoms with van der Waals surface area (Å²) in [6, 6.07) is 7.52. The normalized spacial score (nSPS) is 9.74. The first-order valence-electron chi connectivity index (χ1n) is 5.87. The topological polar surface area (TPSA) is 74.2 Å². The van der Waals surface area contributed by atoms with Gasteiger partial charge in [-0.15, -0.1) is 0 Å². The number of nitrogens with one attached hydrogen (secondary N) is 2. The van der Waals surface area contributed by atoms with Crippen LogP contribution in [0.4, 0.5) is 0 Å². The largest absolute Gasteiger partial charge is 0.484 e. The van der Waals surface area contributed by atoms with Gasteiger partial charge in [0.15, 0.2) is 6.61 Å². The van der Waals surface area contributed by atoms with Crippen molar-refractivity contribution in [3.05, 3.63) is 28.2 Å². The quantitative estimate of drug-likeness (QED) is 0.746. The number of carbonyl (C=O) groups is 1. The number of nitrogens with zero attached hydrogens (tertiary/aromatic N) is 1. The van der Waals surface area contributed by atoms with Crippen LogP contribution >= 0.6 is 15.9 Å². The highest BCUT2D eigenvalue weighted by atomic mass is 79.9. The third-order valence-corrected chi connectivity index (χ3v) is 3.09. The Bertz CT molecular complexity index is 471. The first-order valence-corrected chi connectivity index (χ1v) is 6.66. The Kier molecular flexibility index (Phi) is 6.93. The Hall–Kier alpha value is -1.58. The molecule has 0 aliphatic rings. The Morgan fingerprint density at radius 1 is 1.53 bits per heavy atom. The minimum absolute atomic E-state index is 0.0495. The van der Waals surface area contributed by atoms with Gasteiger partial charge in [0.2, 0.25) is 0 Å². The Morgan fingerprint density at radius 2 is 2.32 bits per heavy atom. The molecule has 5 nitrogen and oxygen atoms in total. The SMILES string of the molecule is CNCc1cc(OCC(=O)NCCC#N)ccc1Br. The molecule has 0 spiro atoms. The second kappa shape index (κ2) is 8.51. The molecule has 1 aromatic rings. The molecule has 0 fully saturated rings. The smallest absolute Gasteiger partial charge is 0.257 e. The summed E-state index contributed by atoms with van der Waals surface area (Å²) in [5, 5.41) is 14.0. The maximum atomic E-state index is 11.4. The lowest BCUT2D eigenvalue weighted by Gasteiger charge is -2.09. The lowest BCUT2D eigenvalue weighted by Crippen LogP contribution is -2.29. The third-order valence-electron chi connectivity index (χ3n) is 2.31. The molecule has 0 aromatic heterocycles. The van der Waals surface area contributed by atoms with E-state index in [2.05, 4.69) is 26.6 Å². The van der Waals surface area contributed by atoms with E-state index in [0.717, 1.165) is 10.0 Å². The summed E-state index contributed by atoms with van der Waals surface area (Å²) in [4.78, 5) is 11.4. The first kappa shape index (κ1) is 15.5. The van der Waals surface area contributed by atoms with Gasteiger partial charge in [0.1, 0.15) is 5.75 Å². The molecule has 2 N–H and O–H groups in total. The summed E-state index contributed by atoms with van der Waals surface area (Å²) in [6.07, 6.45) is 0.302. The zero-order valence-corrected chi connectivity index (χ0v) is 12.3. The van der Waals surface area contributed by atoms with E-state index in [1.807, 2.05) is 25.2 Å². The number of halogens is 1. The van der Waals surface area contributed by atoms with Crippen LogP contribution in [0.15, 0.2) is 22.7 Å². The molecule has 0 atom stereocenters. The standard InChI is InChI=1S/C13H16BrN3O2/c1-16-8-10-7-11(3-4-12(10)14)19-9-13(18)17-6-2-5-15/h3-4,7,16H,2,6,8-9H2,1H3,(H,17,18). The number of benzene rings is 1. The molecule has 1 rings (SSSR count). The zero-order valence-electron chi connectivity index (χ0n) is 10.7. The fraction of sp³-hybridized carbons (Fsp3) is 0.385. The first-order chi connectivity index (χ1) is 9.17. The minimum Gasteiger partial charge on any atom is -0.484 e. The molecule has 0 saturated heterocycles. The molecule has 0 heterocycles. The van der Waals surface area contributed by atoms with E-state index in [1.165, 1.54) is 0 Å². The summed E-state index contributed by atoms with van der Waals surface area (Å²) < 4.78 is 6.39. The molecule has 6 heteroatoms. The van der Waals surface area contributed by atoms with Gasteiger partial charge in [0.25, 0.3) is 5.91 Å². The van der Waals surface area contributed by atoms with E-state index in [-0.39, 0.29) is 12.5 Å². The van der Waals surface area contributed by atoms with Gasteiger partial charge in [-0.3, -0.25) is 4.79 Å². The van der Waals surface area contributed by atoms with Gasteiger partial charge in [-0.25, -0.2) is 0 Å². The number of carbonyl (C=O) groups excluding carboxylic acids is 1. The van der Waals surface area contributed by atoms with Crippen molar-refractivity contribution in [1.29, 1.82) is 5.26 Å². The zero-order chi connectivity index (χ0) is 14.1. The molecule has 102 valence electrons.